The standard InChI is InChI=1S/C12H13NO2/c1-15-12-6-5-10(4-2-3-7-13)11(8-12)9-14/h5-6,8-9H,3,7,13H2,1H3. The van der Waals surface area contributed by atoms with Crippen molar-refractivity contribution in [3.8, 4) is 17.6 Å². The van der Waals surface area contributed by atoms with Crippen LogP contribution in [-0.4, -0.2) is 19.9 Å². The Morgan fingerprint density at radius 1 is 1.53 bits per heavy atom. The number of hydrogen-bond acceptors (Lipinski definition) is 3. The third kappa shape index (κ3) is 3.12. The van der Waals surface area contributed by atoms with Gasteiger partial charge in [-0.1, -0.05) is 11.8 Å². The van der Waals surface area contributed by atoms with Crippen molar-refractivity contribution in [2.45, 2.75) is 6.42 Å². The number of aldehydes is 1. The van der Waals surface area contributed by atoms with Crippen molar-refractivity contribution in [3.63, 3.8) is 0 Å². The highest BCUT2D eigenvalue weighted by Crippen LogP contribution is 2.15. The van der Waals surface area contributed by atoms with E-state index >= 15 is 0 Å². The Kier molecular flexibility index (Phi) is 4.39. The van der Waals surface area contributed by atoms with Gasteiger partial charge in [0.05, 0.1) is 7.11 Å². The predicted molar refractivity (Wildman–Crippen MR) is 58.9 cm³/mol. The molecular formula is C12H13NO2. The molecule has 0 heterocycles. The Labute approximate surface area is 89.2 Å². The Morgan fingerprint density at radius 2 is 2.33 bits per heavy atom. The molecule has 0 radical (unpaired) electrons. The number of carbonyl (C=O) groups is 1. The summed E-state index contributed by atoms with van der Waals surface area (Å²) in [6.07, 6.45) is 1.40. The zero-order valence-electron chi connectivity index (χ0n) is 8.62. The number of ether oxygens (including phenoxy) is 1. The molecule has 3 nitrogen and oxygen atoms in total. The van der Waals surface area contributed by atoms with E-state index in [-0.39, 0.29) is 0 Å². The molecule has 0 fully saturated rings. The molecule has 0 bridgehead atoms. The lowest BCUT2D eigenvalue weighted by Crippen LogP contribution is -1.96. The second kappa shape index (κ2) is 5.84. The summed E-state index contributed by atoms with van der Waals surface area (Å²) in [7, 11) is 1.56. The van der Waals surface area contributed by atoms with E-state index in [4.69, 9.17) is 10.5 Å². The van der Waals surface area contributed by atoms with Crippen molar-refractivity contribution >= 4 is 6.29 Å². The number of hydrogen-bond donors (Lipinski definition) is 1. The zero-order chi connectivity index (χ0) is 11.1. The monoisotopic (exact) mass is 203 g/mol. The van der Waals surface area contributed by atoms with Gasteiger partial charge >= 0.3 is 0 Å². The molecule has 15 heavy (non-hydrogen) atoms. The minimum atomic E-state index is 0.527. The van der Waals surface area contributed by atoms with E-state index in [1.165, 1.54) is 0 Å². The molecule has 3 heteroatoms. The Balaban J connectivity index is 2.99. The van der Waals surface area contributed by atoms with Gasteiger partial charge in [-0.25, -0.2) is 0 Å². The number of rotatable bonds is 3. The summed E-state index contributed by atoms with van der Waals surface area (Å²) in [6, 6.07) is 5.21. The zero-order valence-corrected chi connectivity index (χ0v) is 8.62. The number of carbonyl (C=O) groups excluding carboxylic acids is 1. The summed E-state index contributed by atoms with van der Waals surface area (Å²) in [5.41, 5.74) is 6.57. The number of benzene rings is 1. The number of methoxy groups -OCH3 is 1. The van der Waals surface area contributed by atoms with E-state index in [1.54, 1.807) is 25.3 Å². The van der Waals surface area contributed by atoms with E-state index in [2.05, 4.69) is 11.8 Å². The fourth-order valence-electron chi connectivity index (χ4n) is 1.11. The fourth-order valence-corrected chi connectivity index (χ4v) is 1.11. The predicted octanol–water partition coefficient (Wildman–Crippen LogP) is 1.21. The molecule has 78 valence electrons. The maximum Gasteiger partial charge on any atom is 0.151 e. The van der Waals surface area contributed by atoms with Crippen LogP contribution >= 0.6 is 0 Å². The SMILES string of the molecule is COc1ccc(C#CCCN)c(C=O)c1. The van der Waals surface area contributed by atoms with Gasteiger partial charge in [-0.05, 0) is 18.2 Å². The van der Waals surface area contributed by atoms with E-state index in [0.717, 1.165) is 6.29 Å². The molecule has 0 aliphatic heterocycles. The lowest BCUT2D eigenvalue weighted by Gasteiger charge is -2.01. The van der Waals surface area contributed by atoms with Crippen LogP contribution in [0.1, 0.15) is 22.3 Å². The first kappa shape index (κ1) is 11.3. The first-order valence-electron chi connectivity index (χ1n) is 4.64. The Morgan fingerprint density at radius 3 is 2.93 bits per heavy atom. The van der Waals surface area contributed by atoms with Gasteiger partial charge in [-0.15, -0.1) is 0 Å². The molecule has 1 aromatic carbocycles. The molecule has 0 aromatic heterocycles. The van der Waals surface area contributed by atoms with Gasteiger partial charge in [-0.3, -0.25) is 4.79 Å². The topological polar surface area (TPSA) is 52.3 Å². The van der Waals surface area contributed by atoms with Crippen LogP contribution in [0.5, 0.6) is 5.75 Å². The van der Waals surface area contributed by atoms with Crippen LogP contribution in [0.4, 0.5) is 0 Å². The Hall–Kier alpha value is -1.79. The molecule has 2 N–H and O–H groups in total. The van der Waals surface area contributed by atoms with Crippen LogP contribution in [0.15, 0.2) is 18.2 Å². The lowest BCUT2D eigenvalue weighted by atomic mass is 10.1. The molecule has 0 aliphatic rings. The average molecular weight is 203 g/mol. The first-order valence-corrected chi connectivity index (χ1v) is 4.64. The van der Waals surface area contributed by atoms with Crippen molar-refractivity contribution in [2.75, 3.05) is 13.7 Å². The lowest BCUT2D eigenvalue weighted by molar-refractivity contribution is 0.112. The molecule has 0 saturated carbocycles. The van der Waals surface area contributed by atoms with E-state index in [9.17, 15) is 4.79 Å². The summed E-state index contributed by atoms with van der Waals surface area (Å²) in [6.45, 7) is 0.527. The molecule has 1 aromatic rings. The molecule has 0 atom stereocenters. The van der Waals surface area contributed by atoms with E-state index < -0.39 is 0 Å². The summed E-state index contributed by atoms with van der Waals surface area (Å²) < 4.78 is 5.01. The van der Waals surface area contributed by atoms with Crippen LogP contribution < -0.4 is 10.5 Å². The molecule has 0 saturated heterocycles. The van der Waals surface area contributed by atoms with Crippen molar-refractivity contribution in [1.29, 1.82) is 0 Å². The summed E-state index contributed by atoms with van der Waals surface area (Å²) >= 11 is 0. The van der Waals surface area contributed by atoms with Gasteiger partial charge in [0, 0.05) is 24.1 Å². The minimum absolute atomic E-state index is 0.527. The molecule has 0 aliphatic carbocycles. The van der Waals surface area contributed by atoms with Crippen LogP contribution in [-0.2, 0) is 0 Å². The van der Waals surface area contributed by atoms with Crippen molar-refractivity contribution in [1.82, 2.24) is 0 Å². The normalized spacial score (nSPS) is 8.93. The van der Waals surface area contributed by atoms with Gasteiger partial charge < -0.3 is 10.5 Å². The van der Waals surface area contributed by atoms with Crippen LogP contribution in [0.3, 0.4) is 0 Å². The van der Waals surface area contributed by atoms with Crippen molar-refractivity contribution in [3.05, 3.63) is 29.3 Å². The van der Waals surface area contributed by atoms with Crippen molar-refractivity contribution < 1.29 is 9.53 Å². The highest BCUT2D eigenvalue weighted by Gasteiger charge is 2.00. The van der Waals surface area contributed by atoms with Crippen molar-refractivity contribution in [2.24, 2.45) is 5.73 Å². The fraction of sp³-hybridized carbons (Fsp3) is 0.250. The van der Waals surface area contributed by atoms with E-state index in [0.29, 0.717) is 29.8 Å². The number of nitrogens with two attached hydrogens (primary N) is 1. The second-order valence-electron chi connectivity index (χ2n) is 2.91. The van der Waals surface area contributed by atoms with Gasteiger partial charge in [0.15, 0.2) is 6.29 Å². The maximum absolute atomic E-state index is 10.8. The van der Waals surface area contributed by atoms with Crippen LogP contribution in [0, 0.1) is 11.8 Å². The molecule has 0 amide bonds. The maximum atomic E-state index is 10.8. The third-order valence-corrected chi connectivity index (χ3v) is 1.88. The summed E-state index contributed by atoms with van der Waals surface area (Å²) in [4.78, 5) is 10.8. The third-order valence-electron chi connectivity index (χ3n) is 1.88. The van der Waals surface area contributed by atoms with Crippen LogP contribution in [0.2, 0.25) is 0 Å². The van der Waals surface area contributed by atoms with Gasteiger partial charge in [0.2, 0.25) is 0 Å². The second-order valence-corrected chi connectivity index (χ2v) is 2.91. The first-order chi connectivity index (χ1) is 7.31. The Bertz CT molecular complexity index is 402. The molecular weight excluding hydrogens is 190 g/mol. The highest BCUT2D eigenvalue weighted by molar-refractivity contribution is 5.80. The van der Waals surface area contributed by atoms with Gasteiger partial charge in [-0.2, -0.15) is 0 Å². The summed E-state index contributed by atoms with van der Waals surface area (Å²) in [5, 5.41) is 0. The van der Waals surface area contributed by atoms with Crippen LogP contribution in [0.25, 0.3) is 0 Å². The highest BCUT2D eigenvalue weighted by atomic mass is 16.5. The quantitative estimate of drug-likeness (QED) is 0.593. The molecule has 1 rings (SSSR count). The largest absolute Gasteiger partial charge is 0.497 e. The minimum Gasteiger partial charge on any atom is -0.497 e. The molecule has 0 unspecified atom stereocenters. The average Bonchev–Trinajstić information content (AvgIpc) is 2.29. The summed E-state index contributed by atoms with van der Waals surface area (Å²) in [5.74, 6) is 6.44. The van der Waals surface area contributed by atoms with Gasteiger partial charge in [0.1, 0.15) is 5.75 Å². The van der Waals surface area contributed by atoms with Gasteiger partial charge in [0.25, 0.3) is 0 Å². The smallest absolute Gasteiger partial charge is 0.151 e. The molecule has 0 spiro atoms. The van der Waals surface area contributed by atoms with E-state index in [1.807, 2.05) is 0 Å².